The van der Waals surface area contributed by atoms with E-state index in [2.05, 4.69) is 35.1 Å². The highest BCUT2D eigenvalue weighted by Crippen LogP contribution is 2.01. The fraction of sp³-hybridized carbons (Fsp3) is 0.643. The molecule has 4 nitrogen and oxygen atoms in total. The molecule has 1 aromatic rings. The number of carbonyl (C=O) groups is 1. The lowest BCUT2D eigenvalue weighted by molar-refractivity contribution is -0.130. The van der Waals surface area contributed by atoms with E-state index in [0.717, 1.165) is 32.7 Å². The van der Waals surface area contributed by atoms with Crippen LogP contribution in [-0.2, 0) is 17.9 Å². The van der Waals surface area contributed by atoms with Gasteiger partial charge in [-0.1, -0.05) is 0 Å². The summed E-state index contributed by atoms with van der Waals surface area (Å²) in [6, 6.07) is 4.17. The Morgan fingerprint density at radius 2 is 2.06 bits per heavy atom. The fourth-order valence-electron chi connectivity index (χ4n) is 2.06. The van der Waals surface area contributed by atoms with Gasteiger partial charge in [-0.25, -0.2) is 0 Å². The molecule has 0 aliphatic heterocycles. The molecule has 0 spiro atoms. The van der Waals surface area contributed by atoms with Crippen molar-refractivity contribution in [3.05, 3.63) is 24.0 Å². The molecule has 0 aromatic carbocycles. The van der Waals surface area contributed by atoms with Gasteiger partial charge in [0.05, 0.1) is 0 Å². The van der Waals surface area contributed by atoms with Gasteiger partial charge in [-0.15, -0.1) is 0 Å². The number of amides is 1. The molecule has 0 fully saturated rings. The van der Waals surface area contributed by atoms with Crippen LogP contribution in [0.5, 0.6) is 0 Å². The molecule has 0 aliphatic carbocycles. The van der Waals surface area contributed by atoms with Crippen LogP contribution in [0.15, 0.2) is 18.3 Å². The van der Waals surface area contributed by atoms with Gasteiger partial charge in [-0.3, -0.25) is 4.79 Å². The van der Waals surface area contributed by atoms with E-state index >= 15 is 0 Å². The first kappa shape index (κ1) is 14.8. The zero-order chi connectivity index (χ0) is 13.4. The van der Waals surface area contributed by atoms with E-state index in [-0.39, 0.29) is 5.91 Å². The molecule has 102 valence electrons. The first-order valence-corrected chi connectivity index (χ1v) is 6.85. The van der Waals surface area contributed by atoms with E-state index in [9.17, 15) is 4.79 Å². The van der Waals surface area contributed by atoms with Crippen LogP contribution in [0.1, 0.15) is 32.9 Å². The van der Waals surface area contributed by atoms with E-state index in [4.69, 9.17) is 0 Å². The van der Waals surface area contributed by atoms with Crippen LogP contribution < -0.4 is 5.32 Å². The number of nitrogens with zero attached hydrogens (tertiary/aromatic N) is 2. The minimum absolute atomic E-state index is 0.235. The SMILES string of the molecule is CCN(CC)C(=O)CCNCc1cccn1CC. The highest BCUT2D eigenvalue weighted by atomic mass is 16.2. The largest absolute Gasteiger partial charge is 0.351 e. The Hall–Kier alpha value is -1.29. The Labute approximate surface area is 110 Å². The molecule has 1 N–H and O–H groups in total. The second-order valence-electron chi connectivity index (χ2n) is 4.28. The van der Waals surface area contributed by atoms with Crippen molar-refractivity contribution in [3.8, 4) is 0 Å². The average molecular weight is 251 g/mol. The summed E-state index contributed by atoms with van der Waals surface area (Å²) in [6.45, 7) is 10.3. The van der Waals surface area contributed by atoms with E-state index in [1.54, 1.807) is 0 Å². The van der Waals surface area contributed by atoms with Crippen molar-refractivity contribution < 1.29 is 4.79 Å². The zero-order valence-electron chi connectivity index (χ0n) is 11.8. The van der Waals surface area contributed by atoms with E-state index < -0.39 is 0 Å². The molecule has 1 aromatic heterocycles. The Kier molecular flexibility index (Phi) is 6.50. The maximum atomic E-state index is 11.8. The van der Waals surface area contributed by atoms with Gasteiger partial charge in [-0.2, -0.15) is 0 Å². The van der Waals surface area contributed by atoms with Crippen LogP contribution in [0.2, 0.25) is 0 Å². The average Bonchev–Trinajstić information content (AvgIpc) is 2.83. The maximum Gasteiger partial charge on any atom is 0.223 e. The summed E-state index contributed by atoms with van der Waals surface area (Å²) in [6.07, 6.45) is 2.66. The Bertz CT molecular complexity index is 356. The summed E-state index contributed by atoms with van der Waals surface area (Å²) in [5, 5.41) is 3.33. The molecule has 0 atom stereocenters. The van der Waals surface area contributed by atoms with Gasteiger partial charge in [-0.05, 0) is 32.9 Å². The predicted molar refractivity (Wildman–Crippen MR) is 74.4 cm³/mol. The van der Waals surface area contributed by atoms with Gasteiger partial charge in [0.1, 0.15) is 0 Å². The number of aromatic nitrogens is 1. The monoisotopic (exact) mass is 251 g/mol. The van der Waals surface area contributed by atoms with Crippen molar-refractivity contribution in [1.82, 2.24) is 14.8 Å². The second kappa shape index (κ2) is 7.93. The molecule has 0 aliphatic rings. The molecule has 0 unspecified atom stereocenters. The van der Waals surface area contributed by atoms with Gasteiger partial charge in [0, 0.05) is 51.0 Å². The standard InChI is InChI=1S/C14H25N3O/c1-4-16(5-2)14(18)9-10-15-12-13-8-7-11-17(13)6-3/h7-8,11,15H,4-6,9-10,12H2,1-3H3. The van der Waals surface area contributed by atoms with E-state index in [1.807, 2.05) is 18.7 Å². The Morgan fingerprint density at radius 3 is 2.67 bits per heavy atom. The highest BCUT2D eigenvalue weighted by molar-refractivity contribution is 5.76. The molecular weight excluding hydrogens is 226 g/mol. The number of hydrogen-bond donors (Lipinski definition) is 1. The molecule has 4 heteroatoms. The number of hydrogen-bond acceptors (Lipinski definition) is 2. The summed E-state index contributed by atoms with van der Waals surface area (Å²) in [5.74, 6) is 0.235. The maximum absolute atomic E-state index is 11.8. The summed E-state index contributed by atoms with van der Waals surface area (Å²) in [4.78, 5) is 13.6. The molecule has 0 radical (unpaired) electrons. The van der Waals surface area contributed by atoms with Crippen molar-refractivity contribution in [2.45, 2.75) is 40.3 Å². The Morgan fingerprint density at radius 1 is 1.33 bits per heavy atom. The third-order valence-corrected chi connectivity index (χ3v) is 3.20. The fourth-order valence-corrected chi connectivity index (χ4v) is 2.06. The molecule has 1 rings (SSSR count). The molecule has 0 bridgehead atoms. The highest BCUT2D eigenvalue weighted by Gasteiger charge is 2.08. The zero-order valence-corrected chi connectivity index (χ0v) is 11.8. The van der Waals surface area contributed by atoms with E-state index in [1.165, 1.54) is 5.69 Å². The van der Waals surface area contributed by atoms with Crippen molar-refractivity contribution in [2.24, 2.45) is 0 Å². The van der Waals surface area contributed by atoms with Crippen LogP contribution in [0, 0.1) is 0 Å². The van der Waals surface area contributed by atoms with Gasteiger partial charge >= 0.3 is 0 Å². The predicted octanol–water partition coefficient (Wildman–Crippen LogP) is 1.86. The summed E-state index contributed by atoms with van der Waals surface area (Å²) in [7, 11) is 0. The van der Waals surface area contributed by atoms with Crippen LogP contribution in [0.4, 0.5) is 0 Å². The van der Waals surface area contributed by atoms with E-state index in [0.29, 0.717) is 6.42 Å². The third-order valence-electron chi connectivity index (χ3n) is 3.20. The smallest absolute Gasteiger partial charge is 0.223 e. The van der Waals surface area contributed by atoms with Crippen molar-refractivity contribution in [3.63, 3.8) is 0 Å². The normalized spacial score (nSPS) is 10.6. The van der Waals surface area contributed by atoms with Crippen molar-refractivity contribution in [2.75, 3.05) is 19.6 Å². The summed E-state index contributed by atoms with van der Waals surface area (Å²) < 4.78 is 2.21. The lowest BCUT2D eigenvalue weighted by atomic mass is 10.3. The number of rotatable bonds is 8. The summed E-state index contributed by atoms with van der Waals surface area (Å²) >= 11 is 0. The number of carbonyl (C=O) groups excluding carboxylic acids is 1. The van der Waals surface area contributed by atoms with Gasteiger partial charge in [0.25, 0.3) is 0 Å². The minimum atomic E-state index is 0.235. The van der Waals surface area contributed by atoms with Gasteiger partial charge in [0.2, 0.25) is 5.91 Å². The molecule has 0 saturated heterocycles. The van der Waals surface area contributed by atoms with Crippen LogP contribution in [0.3, 0.4) is 0 Å². The molecule has 1 heterocycles. The Balaban J connectivity index is 2.24. The lowest BCUT2D eigenvalue weighted by Gasteiger charge is -2.18. The molecule has 1 amide bonds. The second-order valence-corrected chi connectivity index (χ2v) is 4.28. The van der Waals surface area contributed by atoms with Crippen LogP contribution in [-0.4, -0.2) is 35.0 Å². The quantitative estimate of drug-likeness (QED) is 0.716. The third kappa shape index (κ3) is 4.18. The molecular formula is C14H25N3O. The first-order chi connectivity index (χ1) is 8.72. The van der Waals surface area contributed by atoms with Gasteiger partial charge in [0.15, 0.2) is 0 Å². The molecule has 0 saturated carbocycles. The lowest BCUT2D eigenvalue weighted by Crippen LogP contribution is -2.32. The topological polar surface area (TPSA) is 37.3 Å². The minimum Gasteiger partial charge on any atom is -0.351 e. The summed E-state index contributed by atoms with van der Waals surface area (Å²) in [5.41, 5.74) is 1.27. The number of aryl methyl sites for hydroxylation is 1. The van der Waals surface area contributed by atoms with Crippen LogP contribution >= 0.6 is 0 Å². The van der Waals surface area contributed by atoms with Gasteiger partial charge < -0.3 is 14.8 Å². The van der Waals surface area contributed by atoms with Crippen molar-refractivity contribution in [1.29, 1.82) is 0 Å². The van der Waals surface area contributed by atoms with Crippen LogP contribution in [0.25, 0.3) is 0 Å². The van der Waals surface area contributed by atoms with Crippen molar-refractivity contribution >= 4 is 5.91 Å². The molecule has 18 heavy (non-hydrogen) atoms. The first-order valence-electron chi connectivity index (χ1n) is 6.85. The number of nitrogens with one attached hydrogen (secondary N) is 1.